The average Bonchev–Trinajstić information content (AvgIpc) is 2.34. The predicted octanol–water partition coefficient (Wildman–Crippen LogP) is 0.288. The van der Waals surface area contributed by atoms with Crippen molar-refractivity contribution >= 4 is 48.8 Å². The number of fused-ring (bicyclic) bond motifs is 1. The normalized spacial score (nSPS) is 9.45. The zero-order valence-corrected chi connectivity index (χ0v) is 8.01. The van der Waals surface area contributed by atoms with E-state index in [0.717, 1.165) is 4.85 Å². The predicted molar refractivity (Wildman–Crippen MR) is 40.5 cm³/mol. The van der Waals surface area contributed by atoms with E-state index in [4.69, 9.17) is 5.21 Å². The Morgan fingerprint density at radius 3 is 2.73 bits per heavy atom. The minimum Gasteiger partial charge on any atom is -0.410 e. The first-order valence-corrected chi connectivity index (χ1v) is 2.87. The van der Waals surface area contributed by atoms with Crippen LogP contribution in [0.4, 0.5) is 0 Å². The molecule has 11 heavy (non-hydrogen) atoms. The van der Waals surface area contributed by atoms with Crippen molar-refractivity contribution in [2.75, 3.05) is 0 Å². The molecule has 4 nitrogen and oxygen atoms in total. The van der Waals surface area contributed by atoms with Crippen molar-refractivity contribution in [3.8, 4) is 0 Å². The third-order valence-electron chi connectivity index (χ3n) is 1.33. The molecule has 50 valence electrons. The van der Waals surface area contributed by atoms with Gasteiger partial charge in [-0.05, 0) is 17.3 Å². The van der Waals surface area contributed by atoms with Crippen LogP contribution >= 0.6 is 0 Å². The Bertz CT molecular complexity index is 359. The second-order valence-electron chi connectivity index (χ2n) is 1.97. The van der Waals surface area contributed by atoms with Crippen LogP contribution in [0.5, 0.6) is 0 Å². The Hall–Kier alpha value is -0.320. The Labute approximate surface area is 92.8 Å². The van der Waals surface area contributed by atoms with Gasteiger partial charge in [-0.3, -0.25) is 0 Å². The van der Waals surface area contributed by atoms with Gasteiger partial charge >= 0.3 is 37.7 Å². The first kappa shape index (κ1) is 8.77. The zero-order chi connectivity index (χ0) is 6.97. The van der Waals surface area contributed by atoms with Crippen LogP contribution in [0, 0.1) is 0 Å². The summed E-state index contributed by atoms with van der Waals surface area (Å²) in [6, 6.07) is 7.19. The Kier molecular flexibility index (Phi) is 2.70. The molecule has 0 aliphatic carbocycles. The SMILES string of the molecule is On1nnc2ccccc21.[Ca+2]. The van der Waals surface area contributed by atoms with Crippen LogP contribution in [0.2, 0.25) is 0 Å². The number of benzene rings is 1. The monoisotopic (exact) mass is 175 g/mol. The van der Waals surface area contributed by atoms with E-state index in [-0.39, 0.29) is 37.7 Å². The maximum atomic E-state index is 8.95. The van der Waals surface area contributed by atoms with Gasteiger partial charge in [0, 0.05) is 0 Å². The summed E-state index contributed by atoms with van der Waals surface area (Å²) in [5, 5.41) is 16.1. The molecule has 0 radical (unpaired) electrons. The second kappa shape index (κ2) is 3.38. The van der Waals surface area contributed by atoms with Crippen molar-refractivity contribution in [1.82, 2.24) is 15.2 Å². The molecule has 0 fully saturated rings. The summed E-state index contributed by atoms with van der Waals surface area (Å²) in [6.45, 7) is 0. The van der Waals surface area contributed by atoms with Gasteiger partial charge in [-0.1, -0.05) is 17.0 Å². The molecule has 1 heterocycles. The molecule has 1 aromatic carbocycles. The molecular weight excluding hydrogens is 170 g/mol. The fourth-order valence-electron chi connectivity index (χ4n) is 0.857. The summed E-state index contributed by atoms with van der Waals surface area (Å²) in [5.74, 6) is 0. The van der Waals surface area contributed by atoms with E-state index in [1.165, 1.54) is 0 Å². The first-order valence-electron chi connectivity index (χ1n) is 2.87. The summed E-state index contributed by atoms with van der Waals surface area (Å²) < 4.78 is 0. The van der Waals surface area contributed by atoms with Crippen LogP contribution in [0.1, 0.15) is 0 Å². The molecule has 2 aromatic rings. The van der Waals surface area contributed by atoms with Crippen LogP contribution in [0.25, 0.3) is 11.0 Å². The number of rotatable bonds is 0. The fourth-order valence-corrected chi connectivity index (χ4v) is 0.857. The van der Waals surface area contributed by atoms with E-state index in [1.807, 2.05) is 12.1 Å². The van der Waals surface area contributed by atoms with Crippen molar-refractivity contribution in [3.05, 3.63) is 24.3 Å². The zero-order valence-electron chi connectivity index (χ0n) is 5.81. The molecule has 0 saturated heterocycles. The molecule has 0 unspecified atom stereocenters. The summed E-state index contributed by atoms with van der Waals surface area (Å²) in [4.78, 5) is 0.759. The number of hydrogen-bond acceptors (Lipinski definition) is 3. The summed E-state index contributed by atoms with van der Waals surface area (Å²) in [6.07, 6.45) is 0. The standard InChI is InChI=1S/C6H5N3O.Ca/c10-9-6-4-2-1-3-5(6)7-8-9;/h1-4,10H;/q;+2. The number of para-hydroxylation sites is 1. The number of nitrogens with zero attached hydrogens (tertiary/aromatic N) is 3. The van der Waals surface area contributed by atoms with E-state index in [2.05, 4.69) is 10.3 Å². The quantitative estimate of drug-likeness (QED) is 0.462. The van der Waals surface area contributed by atoms with E-state index in [0.29, 0.717) is 11.0 Å². The number of aromatic nitrogens is 3. The summed E-state index contributed by atoms with van der Waals surface area (Å²) in [5.41, 5.74) is 1.33. The first-order chi connectivity index (χ1) is 4.88. The van der Waals surface area contributed by atoms with Crippen molar-refractivity contribution in [2.45, 2.75) is 0 Å². The molecule has 0 spiro atoms. The topological polar surface area (TPSA) is 50.9 Å². The van der Waals surface area contributed by atoms with E-state index < -0.39 is 0 Å². The number of hydrogen-bond donors (Lipinski definition) is 1. The van der Waals surface area contributed by atoms with Crippen LogP contribution in [0.15, 0.2) is 24.3 Å². The second-order valence-corrected chi connectivity index (χ2v) is 1.97. The Balaban J connectivity index is 0.000000605. The Morgan fingerprint density at radius 2 is 2.00 bits per heavy atom. The summed E-state index contributed by atoms with van der Waals surface area (Å²) >= 11 is 0. The van der Waals surface area contributed by atoms with Gasteiger partial charge in [0.2, 0.25) is 0 Å². The van der Waals surface area contributed by atoms with E-state index >= 15 is 0 Å². The minimum atomic E-state index is 0. The van der Waals surface area contributed by atoms with Gasteiger partial charge in [0.1, 0.15) is 11.0 Å². The van der Waals surface area contributed by atoms with Gasteiger partial charge in [-0.25, -0.2) is 0 Å². The van der Waals surface area contributed by atoms with Crippen molar-refractivity contribution in [3.63, 3.8) is 0 Å². The third kappa shape index (κ3) is 1.47. The van der Waals surface area contributed by atoms with Crippen LogP contribution in [-0.2, 0) is 0 Å². The molecule has 0 saturated carbocycles. The van der Waals surface area contributed by atoms with Crippen molar-refractivity contribution in [1.29, 1.82) is 0 Å². The van der Waals surface area contributed by atoms with Crippen LogP contribution in [0.3, 0.4) is 0 Å². The molecule has 1 aromatic heterocycles. The summed E-state index contributed by atoms with van der Waals surface area (Å²) in [7, 11) is 0. The van der Waals surface area contributed by atoms with Crippen LogP contribution < -0.4 is 0 Å². The van der Waals surface area contributed by atoms with Crippen molar-refractivity contribution in [2.24, 2.45) is 0 Å². The largest absolute Gasteiger partial charge is 2.00 e. The van der Waals surface area contributed by atoms with Gasteiger partial charge in [-0.2, -0.15) is 0 Å². The molecule has 0 aliphatic heterocycles. The third-order valence-corrected chi connectivity index (χ3v) is 1.33. The Morgan fingerprint density at radius 1 is 1.27 bits per heavy atom. The molecule has 5 heteroatoms. The maximum Gasteiger partial charge on any atom is 2.00 e. The molecule has 0 aliphatic rings. The van der Waals surface area contributed by atoms with Gasteiger partial charge in [-0.15, -0.1) is 5.10 Å². The van der Waals surface area contributed by atoms with Crippen LogP contribution in [-0.4, -0.2) is 58.1 Å². The molecule has 1 N–H and O–H groups in total. The van der Waals surface area contributed by atoms with E-state index in [1.54, 1.807) is 12.1 Å². The average molecular weight is 175 g/mol. The molecule has 0 bridgehead atoms. The van der Waals surface area contributed by atoms with Gasteiger partial charge in [0.05, 0.1) is 0 Å². The van der Waals surface area contributed by atoms with E-state index in [9.17, 15) is 0 Å². The molecule has 2 rings (SSSR count). The minimum absolute atomic E-state index is 0. The van der Waals surface area contributed by atoms with Gasteiger partial charge < -0.3 is 5.21 Å². The van der Waals surface area contributed by atoms with Gasteiger partial charge in [0.25, 0.3) is 0 Å². The smallest absolute Gasteiger partial charge is 0.410 e. The molecular formula is C6H5CaN3O+2. The van der Waals surface area contributed by atoms with Gasteiger partial charge in [0.15, 0.2) is 0 Å². The molecule has 0 atom stereocenters. The fraction of sp³-hybridized carbons (Fsp3) is 0. The maximum absolute atomic E-state index is 8.95. The molecule has 0 amide bonds. The van der Waals surface area contributed by atoms with Crippen molar-refractivity contribution < 1.29 is 5.21 Å².